The molecular formula is C17H20N4O. The summed E-state index contributed by atoms with van der Waals surface area (Å²) in [6.07, 6.45) is 1.82. The SMILES string of the molecule is CC(C)(C)c1ccc(-n2nnc(C#N)c2C2CCCO2)cc1. The maximum absolute atomic E-state index is 9.27. The number of hydrogen-bond donors (Lipinski definition) is 0. The molecule has 1 fully saturated rings. The van der Waals surface area contributed by atoms with Gasteiger partial charge < -0.3 is 4.74 Å². The van der Waals surface area contributed by atoms with Gasteiger partial charge in [0.05, 0.1) is 5.69 Å². The van der Waals surface area contributed by atoms with Gasteiger partial charge >= 0.3 is 0 Å². The number of aromatic nitrogens is 3. The second-order valence-corrected chi connectivity index (χ2v) is 6.65. The second kappa shape index (κ2) is 5.54. The normalized spacial score (nSPS) is 18.4. The van der Waals surface area contributed by atoms with Gasteiger partial charge in [-0.1, -0.05) is 38.1 Å². The van der Waals surface area contributed by atoms with Gasteiger partial charge in [-0.3, -0.25) is 0 Å². The molecule has 5 nitrogen and oxygen atoms in total. The number of nitriles is 1. The molecule has 0 spiro atoms. The summed E-state index contributed by atoms with van der Waals surface area (Å²) in [5, 5.41) is 17.4. The fraction of sp³-hybridized carbons (Fsp3) is 0.471. The summed E-state index contributed by atoms with van der Waals surface area (Å²) in [6.45, 7) is 7.28. The Labute approximate surface area is 130 Å². The quantitative estimate of drug-likeness (QED) is 0.853. The summed E-state index contributed by atoms with van der Waals surface area (Å²) < 4.78 is 7.47. The van der Waals surface area contributed by atoms with E-state index in [0.717, 1.165) is 30.8 Å². The standard InChI is InChI=1S/C17H20N4O/c1-17(2,3)12-6-8-13(9-7-12)21-16(14(11-18)19-20-21)15-5-4-10-22-15/h6-9,15H,4-5,10H2,1-3H3. The predicted molar refractivity (Wildman–Crippen MR) is 82.7 cm³/mol. The number of nitrogens with zero attached hydrogens (tertiary/aromatic N) is 4. The van der Waals surface area contributed by atoms with Crippen molar-refractivity contribution in [3.8, 4) is 11.8 Å². The van der Waals surface area contributed by atoms with Gasteiger partial charge in [0.15, 0.2) is 5.69 Å². The van der Waals surface area contributed by atoms with Crippen molar-refractivity contribution in [3.63, 3.8) is 0 Å². The van der Waals surface area contributed by atoms with E-state index in [1.807, 2.05) is 12.1 Å². The summed E-state index contributed by atoms with van der Waals surface area (Å²) in [5.41, 5.74) is 3.40. The molecule has 1 aliphatic heterocycles. The van der Waals surface area contributed by atoms with Crippen molar-refractivity contribution in [2.75, 3.05) is 6.61 Å². The maximum Gasteiger partial charge on any atom is 0.189 e. The van der Waals surface area contributed by atoms with Crippen LogP contribution < -0.4 is 0 Å². The summed E-state index contributed by atoms with van der Waals surface area (Å²) in [4.78, 5) is 0. The van der Waals surface area contributed by atoms with Gasteiger partial charge in [-0.05, 0) is 36.0 Å². The van der Waals surface area contributed by atoms with Gasteiger partial charge in [-0.2, -0.15) is 5.26 Å². The summed E-state index contributed by atoms with van der Waals surface area (Å²) in [7, 11) is 0. The van der Waals surface area contributed by atoms with Crippen molar-refractivity contribution in [1.29, 1.82) is 5.26 Å². The highest BCUT2D eigenvalue weighted by atomic mass is 16.5. The molecule has 1 aromatic heterocycles. The van der Waals surface area contributed by atoms with E-state index in [1.165, 1.54) is 5.56 Å². The van der Waals surface area contributed by atoms with E-state index in [1.54, 1.807) is 4.68 Å². The van der Waals surface area contributed by atoms with Crippen LogP contribution in [0.3, 0.4) is 0 Å². The van der Waals surface area contributed by atoms with E-state index >= 15 is 0 Å². The Kier molecular flexibility index (Phi) is 3.71. The van der Waals surface area contributed by atoms with Crippen LogP contribution in [0.4, 0.5) is 0 Å². The Morgan fingerprint density at radius 3 is 2.55 bits per heavy atom. The molecule has 1 unspecified atom stereocenters. The summed E-state index contributed by atoms with van der Waals surface area (Å²) >= 11 is 0. The topological polar surface area (TPSA) is 63.7 Å². The van der Waals surface area contributed by atoms with Crippen LogP contribution in [-0.4, -0.2) is 21.6 Å². The van der Waals surface area contributed by atoms with E-state index < -0.39 is 0 Å². The fourth-order valence-corrected chi connectivity index (χ4v) is 2.74. The van der Waals surface area contributed by atoms with Crippen LogP contribution in [0.1, 0.15) is 56.7 Å². The minimum Gasteiger partial charge on any atom is -0.372 e. The molecule has 2 heterocycles. The lowest BCUT2D eigenvalue weighted by Gasteiger charge is -2.19. The Morgan fingerprint density at radius 2 is 2.00 bits per heavy atom. The first-order valence-electron chi connectivity index (χ1n) is 7.59. The van der Waals surface area contributed by atoms with E-state index in [-0.39, 0.29) is 11.5 Å². The lowest BCUT2D eigenvalue weighted by atomic mass is 9.87. The number of rotatable bonds is 2. The van der Waals surface area contributed by atoms with Gasteiger partial charge in [0, 0.05) is 6.61 Å². The summed E-state index contributed by atoms with van der Waals surface area (Å²) in [5.74, 6) is 0. The highest BCUT2D eigenvalue weighted by molar-refractivity contribution is 5.40. The Morgan fingerprint density at radius 1 is 1.27 bits per heavy atom. The zero-order valence-electron chi connectivity index (χ0n) is 13.2. The van der Waals surface area contributed by atoms with E-state index in [0.29, 0.717) is 5.69 Å². The lowest BCUT2D eigenvalue weighted by molar-refractivity contribution is 0.106. The van der Waals surface area contributed by atoms with Crippen LogP contribution in [0, 0.1) is 11.3 Å². The number of hydrogen-bond acceptors (Lipinski definition) is 4. The third-order valence-corrected chi connectivity index (χ3v) is 4.02. The van der Waals surface area contributed by atoms with Crippen LogP contribution in [0.2, 0.25) is 0 Å². The van der Waals surface area contributed by atoms with Crippen LogP contribution in [0.5, 0.6) is 0 Å². The first-order chi connectivity index (χ1) is 10.5. The number of ether oxygens (including phenoxy) is 1. The lowest BCUT2D eigenvalue weighted by Crippen LogP contribution is -2.12. The first kappa shape index (κ1) is 14.7. The van der Waals surface area contributed by atoms with Gasteiger partial charge in [-0.15, -0.1) is 5.10 Å². The van der Waals surface area contributed by atoms with Gasteiger partial charge in [0.25, 0.3) is 0 Å². The molecule has 0 N–H and O–H groups in total. The van der Waals surface area contributed by atoms with Crippen LogP contribution in [0.15, 0.2) is 24.3 Å². The van der Waals surface area contributed by atoms with Crippen LogP contribution >= 0.6 is 0 Å². The van der Waals surface area contributed by atoms with Crippen LogP contribution in [-0.2, 0) is 10.2 Å². The largest absolute Gasteiger partial charge is 0.372 e. The molecule has 3 rings (SSSR count). The molecular weight excluding hydrogens is 276 g/mol. The Balaban J connectivity index is 2.01. The molecule has 5 heteroatoms. The van der Waals surface area contributed by atoms with Crippen molar-refractivity contribution < 1.29 is 4.74 Å². The zero-order valence-corrected chi connectivity index (χ0v) is 13.2. The second-order valence-electron chi connectivity index (χ2n) is 6.65. The average molecular weight is 296 g/mol. The molecule has 0 aliphatic carbocycles. The molecule has 0 bridgehead atoms. The molecule has 0 amide bonds. The van der Waals surface area contributed by atoms with Crippen molar-refractivity contribution in [1.82, 2.24) is 15.0 Å². The highest BCUT2D eigenvalue weighted by Gasteiger charge is 2.27. The zero-order chi connectivity index (χ0) is 15.7. The predicted octanol–water partition coefficient (Wildman–Crippen LogP) is 3.29. The van der Waals surface area contributed by atoms with Gasteiger partial charge in [0.1, 0.15) is 17.9 Å². The van der Waals surface area contributed by atoms with E-state index in [4.69, 9.17) is 4.74 Å². The smallest absolute Gasteiger partial charge is 0.189 e. The molecule has 1 aliphatic rings. The molecule has 114 valence electrons. The average Bonchev–Trinajstić information content (AvgIpc) is 3.15. The van der Waals surface area contributed by atoms with E-state index in [2.05, 4.69) is 49.3 Å². The number of benzene rings is 1. The molecule has 2 aromatic rings. The molecule has 0 saturated carbocycles. The monoisotopic (exact) mass is 296 g/mol. The highest BCUT2D eigenvalue weighted by Crippen LogP contribution is 2.31. The van der Waals surface area contributed by atoms with Crippen molar-refractivity contribution in [3.05, 3.63) is 41.2 Å². The van der Waals surface area contributed by atoms with E-state index in [9.17, 15) is 5.26 Å². The van der Waals surface area contributed by atoms with Gasteiger partial charge in [-0.25, -0.2) is 4.68 Å². The first-order valence-corrected chi connectivity index (χ1v) is 7.59. The van der Waals surface area contributed by atoms with Crippen molar-refractivity contribution >= 4 is 0 Å². The van der Waals surface area contributed by atoms with Crippen molar-refractivity contribution in [2.24, 2.45) is 0 Å². The Bertz CT molecular complexity index is 698. The molecule has 1 aromatic carbocycles. The molecule has 0 radical (unpaired) electrons. The third-order valence-electron chi connectivity index (χ3n) is 4.02. The van der Waals surface area contributed by atoms with Crippen LogP contribution in [0.25, 0.3) is 5.69 Å². The molecule has 22 heavy (non-hydrogen) atoms. The minimum atomic E-state index is -0.0908. The van der Waals surface area contributed by atoms with Gasteiger partial charge in [0.2, 0.25) is 0 Å². The third kappa shape index (κ3) is 2.62. The molecule has 1 saturated heterocycles. The maximum atomic E-state index is 9.27. The van der Waals surface area contributed by atoms with Crippen molar-refractivity contribution in [2.45, 2.75) is 45.1 Å². The molecule has 1 atom stereocenters. The fourth-order valence-electron chi connectivity index (χ4n) is 2.74. The Hall–Kier alpha value is -2.19. The minimum absolute atomic E-state index is 0.0908. The summed E-state index contributed by atoms with van der Waals surface area (Å²) in [6, 6.07) is 10.4.